The molecule has 1 aromatic heterocycles. The molecule has 0 spiro atoms. The summed E-state index contributed by atoms with van der Waals surface area (Å²) in [7, 11) is -3.87. The van der Waals surface area contributed by atoms with E-state index in [1.165, 1.54) is 36.7 Å². The Hall–Kier alpha value is -4.57. The molecule has 3 N–H and O–H groups in total. The predicted molar refractivity (Wildman–Crippen MR) is 132 cm³/mol. The first-order chi connectivity index (χ1) is 16.9. The van der Waals surface area contributed by atoms with Gasteiger partial charge in [-0.15, -0.1) is 0 Å². The molecule has 4 rings (SSSR count). The average molecular weight is 488 g/mol. The van der Waals surface area contributed by atoms with Crippen LogP contribution in [-0.2, 0) is 21.2 Å². The van der Waals surface area contributed by atoms with E-state index >= 15 is 0 Å². The first kappa shape index (κ1) is 23.6. The van der Waals surface area contributed by atoms with Crippen LogP contribution in [-0.4, -0.2) is 30.2 Å². The molecule has 2 amide bonds. The highest BCUT2D eigenvalue weighted by Crippen LogP contribution is 2.18. The summed E-state index contributed by atoms with van der Waals surface area (Å²) in [6.07, 6.45) is 3.10. The second-order valence-electron chi connectivity index (χ2n) is 7.44. The second-order valence-corrected chi connectivity index (χ2v) is 9.13. The molecule has 0 unspecified atom stereocenters. The lowest BCUT2D eigenvalue weighted by molar-refractivity contribution is -0.115. The summed E-state index contributed by atoms with van der Waals surface area (Å²) in [5, 5.41) is 5.51. The number of hydrogen-bond acceptors (Lipinski definition) is 6. The molecule has 0 radical (unpaired) electrons. The molecule has 3 aromatic carbocycles. The van der Waals surface area contributed by atoms with Crippen LogP contribution in [0.5, 0.6) is 0 Å². The molecule has 4 aromatic rings. The van der Waals surface area contributed by atoms with Crippen molar-refractivity contribution < 1.29 is 18.0 Å². The smallest absolute Gasteiger partial charge is 0.264 e. The molecule has 0 aliphatic carbocycles. The van der Waals surface area contributed by atoms with Crippen molar-refractivity contribution >= 4 is 39.2 Å². The van der Waals surface area contributed by atoms with E-state index in [4.69, 9.17) is 0 Å². The minimum absolute atomic E-state index is 0.00134. The number of carbonyl (C=O) groups excluding carboxylic acids is 2. The highest BCUT2D eigenvalue weighted by atomic mass is 32.2. The number of nitrogens with one attached hydrogen (secondary N) is 3. The number of hydrogen-bond donors (Lipinski definition) is 3. The number of carbonyl (C=O) groups is 2. The SMILES string of the molecule is O=C(Cc1ccccc1)Nc1ccc(C(=O)Nc2ccc(S(=O)(=O)Nc3ncccn3)cc2)cc1. The van der Waals surface area contributed by atoms with Gasteiger partial charge >= 0.3 is 0 Å². The second kappa shape index (κ2) is 10.6. The van der Waals surface area contributed by atoms with Gasteiger partial charge in [0.2, 0.25) is 11.9 Å². The van der Waals surface area contributed by atoms with Gasteiger partial charge in [-0.1, -0.05) is 30.3 Å². The predicted octanol–water partition coefficient (Wildman–Crippen LogP) is 3.71. The number of rotatable bonds is 8. The minimum Gasteiger partial charge on any atom is -0.326 e. The zero-order valence-corrected chi connectivity index (χ0v) is 19.2. The normalized spacial score (nSPS) is 10.9. The summed E-state index contributed by atoms with van der Waals surface area (Å²) in [6, 6.07) is 23.1. The lowest BCUT2D eigenvalue weighted by Gasteiger charge is -2.09. The molecule has 0 atom stereocenters. The Balaban J connectivity index is 1.34. The van der Waals surface area contributed by atoms with Crippen LogP contribution in [0, 0.1) is 0 Å². The molecule has 0 aliphatic rings. The highest BCUT2D eigenvalue weighted by molar-refractivity contribution is 7.92. The van der Waals surface area contributed by atoms with Crippen molar-refractivity contribution in [3.05, 3.63) is 108 Å². The van der Waals surface area contributed by atoms with Crippen molar-refractivity contribution in [3.8, 4) is 0 Å². The molecule has 0 fully saturated rings. The maximum atomic E-state index is 12.6. The molecule has 0 saturated heterocycles. The quantitative estimate of drug-likeness (QED) is 0.347. The maximum Gasteiger partial charge on any atom is 0.264 e. The number of nitrogens with zero attached hydrogens (tertiary/aromatic N) is 2. The topological polar surface area (TPSA) is 130 Å². The van der Waals surface area contributed by atoms with Crippen LogP contribution in [0.4, 0.5) is 17.3 Å². The third kappa shape index (κ3) is 6.49. The van der Waals surface area contributed by atoms with Gasteiger partial charge in [-0.05, 0) is 60.2 Å². The largest absolute Gasteiger partial charge is 0.326 e. The Labute approximate surface area is 202 Å². The third-order valence-electron chi connectivity index (χ3n) is 4.85. The first-order valence-corrected chi connectivity index (χ1v) is 12.0. The van der Waals surface area contributed by atoms with Crippen LogP contribution < -0.4 is 15.4 Å². The van der Waals surface area contributed by atoms with Crippen LogP contribution in [0.1, 0.15) is 15.9 Å². The zero-order valence-electron chi connectivity index (χ0n) is 18.4. The lowest BCUT2D eigenvalue weighted by atomic mass is 10.1. The van der Waals surface area contributed by atoms with Gasteiger partial charge in [0.15, 0.2) is 0 Å². The van der Waals surface area contributed by atoms with Crippen molar-refractivity contribution in [1.82, 2.24) is 9.97 Å². The fourth-order valence-corrected chi connectivity index (χ4v) is 4.10. The van der Waals surface area contributed by atoms with Crippen LogP contribution >= 0.6 is 0 Å². The van der Waals surface area contributed by atoms with Gasteiger partial charge in [0, 0.05) is 29.3 Å². The summed E-state index contributed by atoms with van der Waals surface area (Å²) in [5.41, 5.74) is 2.28. The van der Waals surface area contributed by atoms with Crippen molar-refractivity contribution in [2.45, 2.75) is 11.3 Å². The Bertz CT molecular complexity index is 1410. The van der Waals surface area contributed by atoms with Gasteiger partial charge in [-0.2, -0.15) is 0 Å². The Morgan fingerprint density at radius 2 is 1.31 bits per heavy atom. The van der Waals surface area contributed by atoms with Crippen molar-refractivity contribution in [2.75, 3.05) is 15.4 Å². The maximum absolute atomic E-state index is 12.6. The molecular formula is C25H21N5O4S. The Morgan fingerprint density at radius 3 is 1.97 bits per heavy atom. The number of aromatic nitrogens is 2. The standard InChI is InChI=1S/C25H21N5O4S/c31-23(17-18-5-2-1-3-6-18)28-20-9-7-19(8-10-20)24(32)29-21-11-13-22(14-12-21)35(33,34)30-25-26-15-4-16-27-25/h1-16H,17H2,(H,28,31)(H,29,32)(H,26,27,30). The molecule has 9 nitrogen and oxygen atoms in total. The van der Waals surface area contributed by atoms with E-state index in [2.05, 4.69) is 25.3 Å². The number of sulfonamides is 1. The molecule has 1 heterocycles. The van der Waals surface area contributed by atoms with Gasteiger partial charge in [0.25, 0.3) is 15.9 Å². The lowest BCUT2D eigenvalue weighted by Crippen LogP contribution is -2.16. The average Bonchev–Trinajstić information content (AvgIpc) is 2.86. The monoisotopic (exact) mass is 487 g/mol. The first-order valence-electron chi connectivity index (χ1n) is 10.5. The molecular weight excluding hydrogens is 466 g/mol. The van der Waals surface area contributed by atoms with Crippen molar-refractivity contribution in [3.63, 3.8) is 0 Å². The Kier molecular flexibility index (Phi) is 7.12. The molecule has 10 heteroatoms. The summed E-state index contributed by atoms with van der Waals surface area (Å²) in [6.45, 7) is 0. The molecule has 0 aliphatic heterocycles. The van der Waals surface area contributed by atoms with E-state index in [9.17, 15) is 18.0 Å². The van der Waals surface area contributed by atoms with E-state index in [0.717, 1.165) is 5.56 Å². The van der Waals surface area contributed by atoms with Gasteiger partial charge in [0.1, 0.15) is 0 Å². The van der Waals surface area contributed by atoms with Gasteiger partial charge in [-0.25, -0.2) is 23.1 Å². The van der Waals surface area contributed by atoms with Gasteiger partial charge in [-0.3, -0.25) is 9.59 Å². The third-order valence-corrected chi connectivity index (χ3v) is 6.20. The van der Waals surface area contributed by atoms with Crippen LogP contribution in [0.15, 0.2) is 102 Å². The molecule has 176 valence electrons. The van der Waals surface area contributed by atoms with Crippen molar-refractivity contribution in [1.29, 1.82) is 0 Å². The van der Waals surface area contributed by atoms with Crippen LogP contribution in [0.2, 0.25) is 0 Å². The Morgan fingerprint density at radius 1 is 0.714 bits per heavy atom. The van der Waals surface area contributed by atoms with E-state index in [-0.39, 0.29) is 29.1 Å². The number of amides is 2. The fourth-order valence-electron chi connectivity index (χ4n) is 3.14. The molecule has 0 bridgehead atoms. The van der Waals surface area contributed by atoms with E-state index in [1.807, 2.05) is 30.3 Å². The summed E-state index contributed by atoms with van der Waals surface area (Å²) >= 11 is 0. The van der Waals surface area contributed by atoms with Crippen molar-refractivity contribution in [2.24, 2.45) is 0 Å². The fraction of sp³-hybridized carbons (Fsp3) is 0.0400. The number of anilines is 3. The van der Waals surface area contributed by atoms with E-state index in [1.54, 1.807) is 30.3 Å². The summed E-state index contributed by atoms with van der Waals surface area (Å²) in [4.78, 5) is 32.4. The number of benzene rings is 3. The van der Waals surface area contributed by atoms with Gasteiger partial charge < -0.3 is 10.6 Å². The minimum atomic E-state index is -3.87. The summed E-state index contributed by atoms with van der Waals surface area (Å²) in [5.74, 6) is -0.570. The van der Waals surface area contributed by atoms with Crippen LogP contribution in [0.3, 0.4) is 0 Å². The van der Waals surface area contributed by atoms with Gasteiger partial charge in [0.05, 0.1) is 11.3 Å². The zero-order chi connectivity index (χ0) is 24.7. The molecule has 0 saturated carbocycles. The summed E-state index contributed by atoms with van der Waals surface area (Å²) < 4.78 is 27.2. The van der Waals surface area contributed by atoms with E-state index in [0.29, 0.717) is 16.9 Å². The highest BCUT2D eigenvalue weighted by Gasteiger charge is 2.16. The van der Waals surface area contributed by atoms with E-state index < -0.39 is 10.0 Å². The van der Waals surface area contributed by atoms with Crippen LogP contribution in [0.25, 0.3) is 0 Å². The molecule has 35 heavy (non-hydrogen) atoms.